The maximum absolute atomic E-state index is 12.5. The summed E-state index contributed by atoms with van der Waals surface area (Å²) >= 11 is 0. The lowest BCUT2D eigenvalue weighted by Crippen LogP contribution is -2.51. The summed E-state index contributed by atoms with van der Waals surface area (Å²) in [6, 6.07) is 11.0. The first-order valence-electron chi connectivity index (χ1n) is 8.86. The standard InChI is InChI=1S/C20H23N3O3/c1-2-26-18-5-3-16(4-6-18)15-19(24)22-11-13-23(14-12-22)20(25)17-7-9-21-10-8-17/h3-10H,2,11-15H2,1H3. The summed E-state index contributed by atoms with van der Waals surface area (Å²) in [5.74, 6) is 0.892. The van der Waals surface area contributed by atoms with E-state index >= 15 is 0 Å². The molecular weight excluding hydrogens is 330 g/mol. The molecule has 1 saturated heterocycles. The quantitative estimate of drug-likeness (QED) is 0.825. The highest BCUT2D eigenvalue weighted by molar-refractivity contribution is 5.94. The van der Waals surface area contributed by atoms with Crippen molar-refractivity contribution in [3.05, 3.63) is 59.9 Å². The second-order valence-corrected chi connectivity index (χ2v) is 6.16. The molecule has 1 fully saturated rings. The lowest BCUT2D eigenvalue weighted by molar-refractivity contribution is -0.131. The molecule has 0 spiro atoms. The second-order valence-electron chi connectivity index (χ2n) is 6.16. The Labute approximate surface area is 153 Å². The van der Waals surface area contributed by atoms with Gasteiger partial charge in [-0.1, -0.05) is 12.1 Å². The van der Waals surface area contributed by atoms with Crippen molar-refractivity contribution in [1.29, 1.82) is 0 Å². The van der Waals surface area contributed by atoms with Crippen LogP contribution in [-0.2, 0) is 11.2 Å². The molecule has 0 saturated carbocycles. The average Bonchev–Trinajstić information content (AvgIpc) is 2.70. The summed E-state index contributed by atoms with van der Waals surface area (Å²) in [4.78, 5) is 32.5. The molecule has 2 heterocycles. The molecule has 136 valence electrons. The number of nitrogens with zero attached hydrogens (tertiary/aromatic N) is 3. The van der Waals surface area contributed by atoms with E-state index in [0.717, 1.165) is 11.3 Å². The van der Waals surface area contributed by atoms with Crippen LogP contribution in [0.2, 0.25) is 0 Å². The van der Waals surface area contributed by atoms with Crippen molar-refractivity contribution in [3.63, 3.8) is 0 Å². The van der Waals surface area contributed by atoms with E-state index in [1.165, 1.54) is 0 Å². The molecule has 6 nitrogen and oxygen atoms in total. The van der Waals surface area contributed by atoms with Crippen molar-refractivity contribution in [2.45, 2.75) is 13.3 Å². The molecule has 1 aliphatic rings. The van der Waals surface area contributed by atoms with Crippen molar-refractivity contribution in [3.8, 4) is 5.75 Å². The van der Waals surface area contributed by atoms with Gasteiger partial charge in [0.2, 0.25) is 5.91 Å². The van der Waals surface area contributed by atoms with Gasteiger partial charge in [0.15, 0.2) is 0 Å². The van der Waals surface area contributed by atoms with Crippen LogP contribution in [0.25, 0.3) is 0 Å². The van der Waals surface area contributed by atoms with Gasteiger partial charge >= 0.3 is 0 Å². The minimum Gasteiger partial charge on any atom is -0.494 e. The molecule has 6 heteroatoms. The highest BCUT2D eigenvalue weighted by Gasteiger charge is 2.24. The number of rotatable bonds is 5. The smallest absolute Gasteiger partial charge is 0.254 e. The summed E-state index contributed by atoms with van der Waals surface area (Å²) < 4.78 is 5.42. The van der Waals surface area contributed by atoms with Crippen LogP contribution in [0.3, 0.4) is 0 Å². The number of benzene rings is 1. The van der Waals surface area contributed by atoms with E-state index in [4.69, 9.17) is 4.74 Å². The fourth-order valence-corrected chi connectivity index (χ4v) is 2.99. The van der Waals surface area contributed by atoms with Crippen LogP contribution in [0.5, 0.6) is 5.75 Å². The third kappa shape index (κ3) is 4.39. The van der Waals surface area contributed by atoms with Crippen LogP contribution in [0.4, 0.5) is 0 Å². The number of hydrogen-bond donors (Lipinski definition) is 0. The topological polar surface area (TPSA) is 62.7 Å². The maximum Gasteiger partial charge on any atom is 0.254 e. The Balaban J connectivity index is 1.51. The van der Waals surface area contributed by atoms with Crippen molar-refractivity contribution >= 4 is 11.8 Å². The molecule has 0 bridgehead atoms. The van der Waals surface area contributed by atoms with Crippen molar-refractivity contribution in [1.82, 2.24) is 14.8 Å². The van der Waals surface area contributed by atoms with Gasteiger partial charge in [-0.05, 0) is 36.8 Å². The predicted octanol–water partition coefficient (Wildman–Crippen LogP) is 2.01. The molecule has 1 aromatic carbocycles. The number of ether oxygens (including phenoxy) is 1. The number of hydrogen-bond acceptors (Lipinski definition) is 4. The summed E-state index contributed by atoms with van der Waals surface area (Å²) in [6.07, 6.45) is 3.60. The van der Waals surface area contributed by atoms with E-state index < -0.39 is 0 Å². The largest absolute Gasteiger partial charge is 0.494 e. The van der Waals surface area contributed by atoms with E-state index in [-0.39, 0.29) is 11.8 Å². The van der Waals surface area contributed by atoms with Gasteiger partial charge in [0, 0.05) is 44.1 Å². The van der Waals surface area contributed by atoms with E-state index in [1.54, 1.807) is 29.4 Å². The Morgan fingerprint density at radius 2 is 1.58 bits per heavy atom. The maximum atomic E-state index is 12.5. The molecule has 3 rings (SSSR count). The average molecular weight is 353 g/mol. The zero-order valence-corrected chi connectivity index (χ0v) is 14.9. The van der Waals surface area contributed by atoms with Gasteiger partial charge in [0.1, 0.15) is 5.75 Å². The lowest BCUT2D eigenvalue weighted by atomic mass is 10.1. The van der Waals surface area contributed by atoms with E-state index in [9.17, 15) is 9.59 Å². The van der Waals surface area contributed by atoms with Crippen molar-refractivity contribution < 1.29 is 14.3 Å². The first-order chi connectivity index (χ1) is 12.7. The highest BCUT2D eigenvalue weighted by Crippen LogP contribution is 2.14. The SMILES string of the molecule is CCOc1ccc(CC(=O)N2CCN(C(=O)c3ccncc3)CC2)cc1. The van der Waals surface area contributed by atoms with Gasteiger partial charge in [0.25, 0.3) is 5.91 Å². The van der Waals surface area contributed by atoms with Crippen LogP contribution in [0.1, 0.15) is 22.8 Å². The van der Waals surface area contributed by atoms with Gasteiger partial charge in [-0.25, -0.2) is 0 Å². The first kappa shape index (κ1) is 17.9. The normalized spacial score (nSPS) is 14.2. The van der Waals surface area contributed by atoms with E-state index in [2.05, 4.69) is 4.98 Å². The number of pyridine rings is 1. The van der Waals surface area contributed by atoms with Gasteiger partial charge < -0.3 is 14.5 Å². The lowest BCUT2D eigenvalue weighted by Gasteiger charge is -2.35. The molecule has 1 aromatic heterocycles. The summed E-state index contributed by atoms with van der Waals surface area (Å²) in [5, 5.41) is 0. The number of carbonyl (C=O) groups excluding carboxylic acids is 2. The summed E-state index contributed by atoms with van der Waals surface area (Å²) in [5.41, 5.74) is 1.60. The van der Waals surface area contributed by atoms with Crippen LogP contribution >= 0.6 is 0 Å². The fraction of sp³-hybridized carbons (Fsp3) is 0.350. The molecule has 2 amide bonds. The van der Waals surface area contributed by atoms with Crippen molar-refractivity contribution in [2.75, 3.05) is 32.8 Å². The number of carbonyl (C=O) groups is 2. The third-order valence-electron chi connectivity index (χ3n) is 4.44. The highest BCUT2D eigenvalue weighted by atomic mass is 16.5. The number of amides is 2. The Bertz CT molecular complexity index is 739. The minimum absolute atomic E-state index is 0.00832. The molecule has 0 radical (unpaired) electrons. The molecular formula is C20H23N3O3. The molecule has 1 aliphatic heterocycles. The zero-order chi connectivity index (χ0) is 18.4. The number of piperazine rings is 1. The van der Waals surface area contributed by atoms with Crippen LogP contribution < -0.4 is 4.74 Å². The third-order valence-corrected chi connectivity index (χ3v) is 4.44. The first-order valence-corrected chi connectivity index (χ1v) is 8.86. The Kier molecular flexibility index (Phi) is 5.84. The van der Waals surface area contributed by atoms with E-state index in [0.29, 0.717) is 44.8 Å². The van der Waals surface area contributed by atoms with Crippen molar-refractivity contribution in [2.24, 2.45) is 0 Å². The molecule has 0 unspecified atom stereocenters. The molecule has 0 atom stereocenters. The second kappa shape index (κ2) is 8.47. The molecule has 0 N–H and O–H groups in total. The molecule has 2 aromatic rings. The minimum atomic E-state index is -0.00832. The van der Waals surface area contributed by atoms with Crippen LogP contribution in [0.15, 0.2) is 48.8 Å². The van der Waals surface area contributed by atoms with Gasteiger partial charge in [-0.15, -0.1) is 0 Å². The zero-order valence-electron chi connectivity index (χ0n) is 14.9. The van der Waals surface area contributed by atoms with Crippen LogP contribution in [-0.4, -0.2) is 59.4 Å². The monoisotopic (exact) mass is 353 g/mol. The molecule has 0 aliphatic carbocycles. The van der Waals surface area contributed by atoms with Crippen LogP contribution in [0, 0.1) is 0 Å². The van der Waals surface area contributed by atoms with Gasteiger partial charge in [-0.2, -0.15) is 0 Å². The fourth-order valence-electron chi connectivity index (χ4n) is 2.99. The Morgan fingerprint density at radius 1 is 0.962 bits per heavy atom. The molecule has 26 heavy (non-hydrogen) atoms. The predicted molar refractivity (Wildman–Crippen MR) is 98.0 cm³/mol. The van der Waals surface area contributed by atoms with Gasteiger partial charge in [-0.3, -0.25) is 14.6 Å². The Hall–Kier alpha value is -2.89. The summed E-state index contributed by atoms with van der Waals surface area (Å²) in [7, 11) is 0. The Morgan fingerprint density at radius 3 is 2.19 bits per heavy atom. The van der Waals surface area contributed by atoms with E-state index in [1.807, 2.05) is 36.1 Å². The van der Waals surface area contributed by atoms with Gasteiger partial charge in [0.05, 0.1) is 13.0 Å². The number of aromatic nitrogens is 1. The summed E-state index contributed by atoms with van der Waals surface area (Å²) in [6.45, 7) is 4.79.